The van der Waals surface area contributed by atoms with Crippen LogP contribution in [0, 0.1) is 0 Å². The second-order valence-corrected chi connectivity index (χ2v) is 1.85. The van der Waals surface area contributed by atoms with Crippen LogP contribution in [0.2, 0.25) is 0 Å². The maximum Gasteiger partial charge on any atom is 0.419 e. The Labute approximate surface area is 85.0 Å². The Morgan fingerprint density at radius 2 is 2.08 bits per heavy atom. The quantitative estimate of drug-likeness (QED) is 0.709. The van der Waals surface area contributed by atoms with E-state index in [1.165, 1.54) is 7.05 Å². The average molecular weight is 369 g/mol. The number of rotatable bonds is 1. The number of imidazole rings is 1. The minimum absolute atomic E-state index is 0. The van der Waals surface area contributed by atoms with Gasteiger partial charge in [0.15, 0.2) is 0 Å². The van der Waals surface area contributed by atoms with Crippen molar-refractivity contribution in [3.05, 3.63) is 11.9 Å². The fraction of sp³-hybridized carbons (Fsp3) is 0.400. The molecule has 0 aromatic carbocycles. The van der Waals surface area contributed by atoms with Gasteiger partial charge < -0.3 is 9.97 Å². The summed E-state index contributed by atoms with van der Waals surface area (Å²) in [7, 11) is 1.32. The van der Waals surface area contributed by atoms with Crippen LogP contribution in [-0.2, 0) is 26.3 Å². The third-order valence-corrected chi connectivity index (χ3v) is 1.00. The molecular formula is C5H4F3IrN4-. The molecule has 1 aromatic rings. The van der Waals surface area contributed by atoms with Gasteiger partial charge in [0.1, 0.15) is 0 Å². The van der Waals surface area contributed by atoms with E-state index in [2.05, 4.69) is 20.2 Å². The number of alkyl halides is 3. The van der Waals surface area contributed by atoms with Crippen molar-refractivity contribution >= 4 is 5.95 Å². The molecule has 1 heterocycles. The van der Waals surface area contributed by atoms with Gasteiger partial charge in [-0.1, -0.05) is 0 Å². The molecule has 0 N–H and O–H groups in total. The van der Waals surface area contributed by atoms with Crippen molar-refractivity contribution in [1.29, 1.82) is 0 Å². The Hall–Kier alpha value is -0.751. The van der Waals surface area contributed by atoms with Crippen LogP contribution in [0.15, 0.2) is 16.4 Å². The van der Waals surface area contributed by atoms with Crippen molar-refractivity contribution in [1.82, 2.24) is 9.97 Å². The van der Waals surface area contributed by atoms with E-state index in [4.69, 9.17) is 0 Å². The monoisotopic (exact) mass is 370 g/mol. The second-order valence-electron chi connectivity index (χ2n) is 1.85. The summed E-state index contributed by atoms with van der Waals surface area (Å²) in [4.78, 5) is 6.36. The predicted octanol–water partition coefficient (Wildman–Crippen LogP) is 1.77. The van der Waals surface area contributed by atoms with Crippen LogP contribution in [0.25, 0.3) is 0 Å². The molecule has 0 saturated carbocycles. The van der Waals surface area contributed by atoms with Crippen molar-refractivity contribution in [2.75, 3.05) is 7.05 Å². The van der Waals surface area contributed by atoms with E-state index >= 15 is 0 Å². The van der Waals surface area contributed by atoms with Gasteiger partial charge in [-0.05, 0) is 6.20 Å². The molecule has 0 bridgehead atoms. The van der Waals surface area contributed by atoms with Gasteiger partial charge in [-0.15, -0.1) is 0 Å². The van der Waals surface area contributed by atoms with Gasteiger partial charge >= 0.3 is 6.18 Å². The Bertz CT molecular complexity index is 292. The molecule has 4 nitrogen and oxygen atoms in total. The standard InChI is InChI=1S/C5H4F3N4.Ir/c1-9-12-4-10-2-3(11-4)5(6,7)8;/h2H,1H3;/q-1;. The van der Waals surface area contributed by atoms with Crippen molar-refractivity contribution in [3.8, 4) is 0 Å². The predicted molar refractivity (Wildman–Crippen MR) is 33.0 cm³/mol. The van der Waals surface area contributed by atoms with E-state index in [1.807, 2.05) is 0 Å². The van der Waals surface area contributed by atoms with Gasteiger partial charge in [0.25, 0.3) is 0 Å². The maximum atomic E-state index is 11.9. The van der Waals surface area contributed by atoms with Gasteiger partial charge in [0.05, 0.1) is 5.69 Å². The normalized spacial score (nSPS) is 11.7. The summed E-state index contributed by atoms with van der Waals surface area (Å²) >= 11 is 0. The van der Waals surface area contributed by atoms with Crippen LogP contribution in [0.5, 0.6) is 0 Å². The minimum Gasteiger partial charge on any atom is -0.365 e. The molecule has 0 amide bonds. The summed E-state index contributed by atoms with van der Waals surface area (Å²) < 4.78 is 35.6. The van der Waals surface area contributed by atoms with Gasteiger partial charge in [0, 0.05) is 33.1 Å². The first-order valence-electron chi connectivity index (χ1n) is 2.91. The van der Waals surface area contributed by atoms with Crippen molar-refractivity contribution in [2.45, 2.75) is 6.18 Å². The molecule has 0 aliphatic rings. The molecule has 0 atom stereocenters. The summed E-state index contributed by atoms with van der Waals surface area (Å²) in [5, 5.41) is 6.48. The molecule has 13 heavy (non-hydrogen) atoms. The van der Waals surface area contributed by atoms with E-state index in [-0.39, 0.29) is 26.1 Å². The molecule has 0 spiro atoms. The van der Waals surface area contributed by atoms with E-state index in [0.717, 1.165) is 0 Å². The Morgan fingerprint density at radius 1 is 1.46 bits per heavy atom. The molecule has 0 unspecified atom stereocenters. The molecule has 0 fully saturated rings. The van der Waals surface area contributed by atoms with Crippen LogP contribution in [-0.4, -0.2) is 12.0 Å². The van der Waals surface area contributed by atoms with Crippen LogP contribution >= 0.6 is 0 Å². The van der Waals surface area contributed by atoms with Crippen LogP contribution in [0.4, 0.5) is 19.1 Å². The summed E-state index contributed by atoms with van der Waals surface area (Å²) in [6.45, 7) is 0. The first-order chi connectivity index (χ1) is 5.54. The molecule has 8 heteroatoms. The Kier molecular flexibility index (Phi) is 4.22. The molecular weight excluding hydrogens is 365 g/mol. The topological polar surface area (TPSA) is 51.7 Å². The minimum atomic E-state index is -4.46. The van der Waals surface area contributed by atoms with Crippen molar-refractivity contribution in [2.24, 2.45) is 10.2 Å². The first-order valence-corrected chi connectivity index (χ1v) is 2.91. The molecule has 0 saturated heterocycles. The van der Waals surface area contributed by atoms with E-state index in [9.17, 15) is 13.2 Å². The largest absolute Gasteiger partial charge is 0.419 e. The van der Waals surface area contributed by atoms with Crippen LogP contribution in [0.1, 0.15) is 5.69 Å². The van der Waals surface area contributed by atoms with E-state index < -0.39 is 11.9 Å². The molecule has 1 rings (SSSR count). The van der Waals surface area contributed by atoms with Gasteiger partial charge in [-0.3, -0.25) is 10.2 Å². The molecule has 1 radical (unpaired) electrons. The summed E-state index contributed by atoms with van der Waals surface area (Å²) in [5.41, 5.74) is -1.05. The number of hydrogen-bond acceptors (Lipinski definition) is 3. The zero-order valence-electron chi connectivity index (χ0n) is 6.33. The number of azo groups is 1. The van der Waals surface area contributed by atoms with Gasteiger partial charge in [-0.2, -0.15) is 13.2 Å². The summed E-state index contributed by atoms with van der Waals surface area (Å²) in [6.07, 6.45) is -3.85. The SMILES string of the molecule is CN=Nc1nc(C(F)(F)F)c[n-]1.[Ir]. The summed E-state index contributed by atoms with van der Waals surface area (Å²) in [5.74, 6) is -0.273. The third kappa shape index (κ3) is 3.23. The van der Waals surface area contributed by atoms with E-state index in [1.54, 1.807) is 0 Å². The van der Waals surface area contributed by atoms with Crippen molar-refractivity contribution in [3.63, 3.8) is 0 Å². The molecule has 0 aliphatic carbocycles. The zero-order chi connectivity index (χ0) is 9.19. The van der Waals surface area contributed by atoms with Gasteiger partial charge in [0.2, 0.25) is 0 Å². The van der Waals surface area contributed by atoms with Crippen molar-refractivity contribution < 1.29 is 33.3 Å². The maximum absolute atomic E-state index is 11.9. The Morgan fingerprint density at radius 3 is 2.46 bits per heavy atom. The second kappa shape index (κ2) is 4.48. The van der Waals surface area contributed by atoms with Crippen LogP contribution in [0.3, 0.4) is 0 Å². The molecule has 75 valence electrons. The Balaban J connectivity index is 0.00000144. The number of halogens is 3. The zero-order valence-corrected chi connectivity index (χ0v) is 8.73. The molecule has 1 aromatic heterocycles. The number of aromatic nitrogens is 2. The number of hydrogen-bond donors (Lipinski definition) is 0. The number of nitrogens with zero attached hydrogens (tertiary/aromatic N) is 4. The van der Waals surface area contributed by atoms with Crippen LogP contribution < -0.4 is 4.98 Å². The average Bonchev–Trinajstić information content (AvgIpc) is 2.35. The fourth-order valence-corrected chi connectivity index (χ4v) is 0.559. The summed E-state index contributed by atoms with van der Waals surface area (Å²) in [6, 6.07) is 0. The third-order valence-electron chi connectivity index (χ3n) is 1.00. The smallest absolute Gasteiger partial charge is 0.365 e. The first kappa shape index (κ1) is 12.2. The van der Waals surface area contributed by atoms with E-state index in [0.29, 0.717) is 6.20 Å². The fourth-order valence-electron chi connectivity index (χ4n) is 0.559. The molecule has 0 aliphatic heterocycles. The van der Waals surface area contributed by atoms with Gasteiger partial charge in [-0.25, -0.2) is 0 Å².